The topological polar surface area (TPSA) is 46.8 Å². The Labute approximate surface area is 144 Å². The number of aromatic nitrogens is 4. The second-order valence-corrected chi connectivity index (χ2v) is 5.81. The minimum absolute atomic E-state index is 0.280. The monoisotopic (exact) mass is 333 g/mol. The van der Waals surface area contributed by atoms with Crippen LogP contribution < -0.4 is 4.90 Å². The molecule has 0 saturated carbocycles. The maximum Gasteiger partial charge on any atom is 0.168 e. The minimum Gasteiger partial charge on any atom is -0.355 e. The third kappa shape index (κ3) is 2.94. The zero-order valence-corrected chi connectivity index (χ0v) is 13.7. The summed E-state index contributed by atoms with van der Waals surface area (Å²) in [5.41, 5.74) is 2.64. The molecule has 124 valence electrons. The van der Waals surface area contributed by atoms with E-state index in [0.29, 0.717) is 5.65 Å². The number of anilines is 1. The molecule has 2 aromatic carbocycles. The molecule has 0 aliphatic rings. The highest BCUT2D eigenvalue weighted by Crippen LogP contribution is 2.25. The first kappa shape index (κ1) is 15.3. The van der Waals surface area contributed by atoms with Gasteiger partial charge in [0.15, 0.2) is 5.65 Å². The summed E-state index contributed by atoms with van der Waals surface area (Å²) in [6.45, 7) is 0.731. The lowest BCUT2D eigenvalue weighted by Crippen LogP contribution is -2.18. The molecular weight excluding hydrogens is 317 g/mol. The zero-order valence-electron chi connectivity index (χ0n) is 13.7. The summed E-state index contributed by atoms with van der Waals surface area (Å²) < 4.78 is 14.8. The molecule has 0 saturated heterocycles. The van der Waals surface area contributed by atoms with Gasteiger partial charge >= 0.3 is 0 Å². The number of hydrogen-bond donors (Lipinski definition) is 0. The van der Waals surface area contributed by atoms with Crippen LogP contribution in [0.2, 0.25) is 0 Å². The molecule has 2 aromatic heterocycles. The fraction of sp³-hybridized carbons (Fsp3) is 0.105. The summed E-state index contributed by atoms with van der Waals surface area (Å²) in [5, 5.41) is 5.26. The van der Waals surface area contributed by atoms with Crippen LogP contribution in [0, 0.1) is 5.82 Å². The van der Waals surface area contributed by atoms with Gasteiger partial charge in [-0.1, -0.05) is 30.3 Å². The molecule has 6 heteroatoms. The molecular formula is C19H16FN5. The molecule has 0 fully saturated rings. The normalized spacial score (nSPS) is 11.0. The molecule has 0 unspecified atom stereocenters. The van der Waals surface area contributed by atoms with Gasteiger partial charge < -0.3 is 4.90 Å². The van der Waals surface area contributed by atoms with Gasteiger partial charge in [-0.3, -0.25) is 0 Å². The average molecular weight is 333 g/mol. The first-order chi connectivity index (χ1) is 12.2. The van der Waals surface area contributed by atoms with E-state index < -0.39 is 0 Å². The molecule has 0 radical (unpaired) electrons. The molecule has 4 aromatic rings. The van der Waals surface area contributed by atoms with Gasteiger partial charge in [0, 0.05) is 13.6 Å². The smallest absolute Gasteiger partial charge is 0.168 e. The summed E-state index contributed by atoms with van der Waals surface area (Å²) >= 11 is 0. The first-order valence-corrected chi connectivity index (χ1v) is 7.92. The van der Waals surface area contributed by atoms with Crippen LogP contribution in [0.15, 0.2) is 67.1 Å². The van der Waals surface area contributed by atoms with Gasteiger partial charge in [0.2, 0.25) is 0 Å². The molecule has 0 aliphatic heterocycles. The van der Waals surface area contributed by atoms with Gasteiger partial charge in [-0.05, 0) is 29.8 Å². The second-order valence-electron chi connectivity index (χ2n) is 5.81. The highest BCUT2D eigenvalue weighted by molar-refractivity contribution is 5.87. The third-order valence-electron chi connectivity index (χ3n) is 4.04. The van der Waals surface area contributed by atoms with E-state index in [4.69, 9.17) is 0 Å². The average Bonchev–Trinajstić information content (AvgIpc) is 3.07. The van der Waals surface area contributed by atoms with Gasteiger partial charge in [-0.15, -0.1) is 0 Å². The van der Waals surface area contributed by atoms with Gasteiger partial charge in [0.1, 0.15) is 18.0 Å². The van der Waals surface area contributed by atoms with Crippen molar-refractivity contribution < 1.29 is 4.39 Å². The second kappa shape index (κ2) is 6.32. The van der Waals surface area contributed by atoms with Crippen molar-refractivity contribution in [2.24, 2.45) is 0 Å². The Bertz CT molecular complexity index is 995. The lowest BCUT2D eigenvalue weighted by atomic mass is 10.2. The van der Waals surface area contributed by atoms with Crippen molar-refractivity contribution in [2.45, 2.75) is 6.54 Å². The highest BCUT2D eigenvalue weighted by atomic mass is 19.1. The molecule has 0 atom stereocenters. The SMILES string of the molecule is CN(Cc1ccccc1)c1ncnc2c1cnn2-c1ccc(F)cc1. The van der Waals surface area contributed by atoms with Crippen molar-refractivity contribution in [2.75, 3.05) is 11.9 Å². The number of benzene rings is 2. The zero-order chi connectivity index (χ0) is 17.2. The van der Waals surface area contributed by atoms with Crippen LogP contribution in [-0.4, -0.2) is 26.8 Å². The summed E-state index contributed by atoms with van der Waals surface area (Å²) in [7, 11) is 1.99. The molecule has 0 bridgehead atoms. The van der Waals surface area contributed by atoms with Crippen LogP contribution in [0.4, 0.5) is 10.2 Å². The Balaban J connectivity index is 1.72. The van der Waals surface area contributed by atoms with Crippen molar-refractivity contribution in [1.82, 2.24) is 19.7 Å². The molecule has 25 heavy (non-hydrogen) atoms. The number of rotatable bonds is 4. The van der Waals surface area contributed by atoms with E-state index in [2.05, 4.69) is 32.1 Å². The number of halogens is 1. The van der Waals surface area contributed by atoms with Crippen LogP contribution in [0.1, 0.15) is 5.56 Å². The molecule has 5 nitrogen and oxygen atoms in total. The predicted molar refractivity (Wildman–Crippen MR) is 95.2 cm³/mol. The highest BCUT2D eigenvalue weighted by Gasteiger charge is 2.14. The van der Waals surface area contributed by atoms with E-state index in [1.807, 2.05) is 25.2 Å². The maximum absolute atomic E-state index is 13.2. The Morgan fingerprint density at radius 3 is 2.52 bits per heavy atom. The summed E-state index contributed by atoms with van der Waals surface area (Å²) in [5.74, 6) is 0.528. The van der Waals surface area contributed by atoms with Gasteiger partial charge in [-0.2, -0.15) is 5.10 Å². The lowest BCUT2D eigenvalue weighted by Gasteiger charge is -2.18. The fourth-order valence-electron chi connectivity index (χ4n) is 2.84. The summed E-state index contributed by atoms with van der Waals surface area (Å²) in [6.07, 6.45) is 3.27. The summed E-state index contributed by atoms with van der Waals surface area (Å²) in [6, 6.07) is 16.4. The van der Waals surface area contributed by atoms with Gasteiger partial charge in [-0.25, -0.2) is 19.0 Å². The molecule has 0 aliphatic carbocycles. The summed E-state index contributed by atoms with van der Waals surface area (Å²) in [4.78, 5) is 10.9. The van der Waals surface area contributed by atoms with Crippen LogP contribution in [0.3, 0.4) is 0 Å². The predicted octanol–water partition coefficient (Wildman–Crippen LogP) is 3.59. The Morgan fingerprint density at radius 2 is 1.76 bits per heavy atom. The van der Waals surface area contributed by atoms with Crippen LogP contribution in [0.5, 0.6) is 0 Å². The standard InChI is InChI=1S/C19H16FN5/c1-24(12-14-5-3-2-4-6-14)18-17-11-23-25(19(17)22-13-21-18)16-9-7-15(20)8-10-16/h2-11,13H,12H2,1H3. The van der Waals surface area contributed by atoms with Crippen LogP contribution in [-0.2, 0) is 6.54 Å². The molecule has 0 amide bonds. The van der Waals surface area contributed by atoms with E-state index in [-0.39, 0.29) is 5.82 Å². The van der Waals surface area contributed by atoms with E-state index in [0.717, 1.165) is 23.4 Å². The molecule has 0 N–H and O–H groups in total. The van der Waals surface area contributed by atoms with Gasteiger partial charge in [0.25, 0.3) is 0 Å². The lowest BCUT2D eigenvalue weighted by molar-refractivity contribution is 0.627. The first-order valence-electron chi connectivity index (χ1n) is 7.92. The largest absolute Gasteiger partial charge is 0.355 e. The van der Waals surface area contributed by atoms with E-state index in [9.17, 15) is 4.39 Å². The number of hydrogen-bond acceptors (Lipinski definition) is 4. The Morgan fingerprint density at radius 1 is 1.00 bits per heavy atom. The quantitative estimate of drug-likeness (QED) is 0.572. The fourth-order valence-corrected chi connectivity index (χ4v) is 2.84. The molecule has 0 spiro atoms. The Kier molecular flexibility index (Phi) is 3.85. The van der Waals surface area contributed by atoms with Crippen molar-refractivity contribution in [3.63, 3.8) is 0 Å². The Hall–Kier alpha value is -3.28. The van der Waals surface area contributed by atoms with Crippen LogP contribution >= 0.6 is 0 Å². The third-order valence-corrected chi connectivity index (χ3v) is 4.04. The van der Waals surface area contributed by atoms with Crippen molar-refractivity contribution in [3.8, 4) is 5.69 Å². The minimum atomic E-state index is -0.280. The molecule has 4 rings (SSSR count). The van der Waals surface area contributed by atoms with E-state index >= 15 is 0 Å². The van der Waals surface area contributed by atoms with Crippen molar-refractivity contribution in [3.05, 3.63) is 78.5 Å². The van der Waals surface area contributed by atoms with E-state index in [1.165, 1.54) is 24.0 Å². The number of nitrogens with zero attached hydrogens (tertiary/aromatic N) is 5. The van der Waals surface area contributed by atoms with Crippen molar-refractivity contribution in [1.29, 1.82) is 0 Å². The van der Waals surface area contributed by atoms with E-state index in [1.54, 1.807) is 23.0 Å². The maximum atomic E-state index is 13.2. The molecule has 2 heterocycles. The van der Waals surface area contributed by atoms with Crippen molar-refractivity contribution >= 4 is 16.9 Å². The number of fused-ring (bicyclic) bond motifs is 1. The van der Waals surface area contributed by atoms with Gasteiger partial charge in [0.05, 0.1) is 17.3 Å². The van der Waals surface area contributed by atoms with Crippen LogP contribution in [0.25, 0.3) is 16.7 Å².